The summed E-state index contributed by atoms with van der Waals surface area (Å²) in [6, 6.07) is 3.73. The third kappa shape index (κ3) is 4.42. The van der Waals surface area contributed by atoms with E-state index in [1.54, 1.807) is 6.92 Å². The number of non-ortho nitro benzene ring substituents is 1. The fraction of sp³-hybridized carbons (Fsp3) is 0.417. The normalized spacial score (nSPS) is 11.0. The number of nitrogens with zero attached hydrogens (tertiary/aromatic N) is 2. The van der Waals surface area contributed by atoms with E-state index in [0.717, 1.165) is 10.6 Å². The van der Waals surface area contributed by atoms with Crippen molar-refractivity contribution in [1.82, 2.24) is 0 Å². The maximum atomic E-state index is 11.8. The van der Waals surface area contributed by atoms with Crippen molar-refractivity contribution >= 4 is 27.4 Å². The number of nitro groups is 1. The topological polar surface area (TPSA) is 107 Å². The number of aryl methyl sites for hydroxylation is 1. The highest BCUT2D eigenvalue weighted by Gasteiger charge is 2.24. The number of sulfonamides is 1. The first kappa shape index (κ1) is 16.9. The lowest BCUT2D eigenvalue weighted by molar-refractivity contribution is -0.384. The molecule has 0 aromatic heterocycles. The van der Waals surface area contributed by atoms with Gasteiger partial charge in [0.15, 0.2) is 0 Å². The Labute approximate surface area is 122 Å². The molecule has 0 amide bonds. The highest BCUT2D eigenvalue weighted by atomic mass is 32.2. The van der Waals surface area contributed by atoms with E-state index >= 15 is 0 Å². The van der Waals surface area contributed by atoms with Gasteiger partial charge < -0.3 is 4.74 Å². The molecule has 0 heterocycles. The maximum Gasteiger partial charge on any atom is 0.326 e. The van der Waals surface area contributed by atoms with Gasteiger partial charge in [0, 0.05) is 12.1 Å². The van der Waals surface area contributed by atoms with E-state index in [2.05, 4.69) is 0 Å². The second kappa shape index (κ2) is 6.53. The third-order valence-electron chi connectivity index (χ3n) is 2.64. The zero-order chi connectivity index (χ0) is 16.2. The van der Waals surface area contributed by atoms with Gasteiger partial charge >= 0.3 is 5.97 Å². The van der Waals surface area contributed by atoms with E-state index in [9.17, 15) is 23.3 Å². The van der Waals surface area contributed by atoms with Crippen LogP contribution in [-0.4, -0.2) is 38.7 Å². The van der Waals surface area contributed by atoms with Gasteiger partial charge in [0.2, 0.25) is 10.0 Å². The average molecular weight is 316 g/mol. The highest BCUT2D eigenvalue weighted by molar-refractivity contribution is 7.92. The summed E-state index contributed by atoms with van der Waals surface area (Å²) in [5.41, 5.74) is 0.427. The van der Waals surface area contributed by atoms with Gasteiger partial charge in [-0.1, -0.05) is 0 Å². The molecular weight excluding hydrogens is 300 g/mol. The Hall–Kier alpha value is -2.16. The average Bonchev–Trinajstić information content (AvgIpc) is 2.35. The summed E-state index contributed by atoms with van der Waals surface area (Å²) >= 11 is 0. The Morgan fingerprint density at radius 1 is 1.43 bits per heavy atom. The summed E-state index contributed by atoms with van der Waals surface area (Å²) in [4.78, 5) is 21.6. The Balaban J connectivity index is 3.22. The molecule has 0 aliphatic rings. The van der Waals surface area contributed by atoms with Crippen LogP contribution in [-0.2, 0) is 19.6 Å². The Morgan fingerprint density at radius 3 is 2.48 bits per heavy atom. The number of nitro benzene ring substituents is 1. The van der Waals surface area contributed by atoms with Crippen LogP contribution in [0.4, 0.5) is 11.4 Å². The van der Waals surface area contributed by atoms with Crippen LogP contribution in [0.1, 0.15) is 12.5 Å². The number of ether oxygens (including phenoxy) is 1. The molecule has 0 atom stereocenters. The van der Waals surface area contributed by atoms with Crippen LogP contribution in [0.15, 0.2) is 18.2 Å². The summed E-state index contributed by atoms with van der Waals surface area (Å²) in [6.45, 7) is 2.80. The first-order valence-corrected chi connectivity index (χ1v) is 7.90. The number of anilines is 1. The molecule has 0 bridgehead atoms. The molecule has 8 nitrogen and oxygen atoms in total. The van der Waals surface area contributed by atoms with Crippen molar-refractivity contribution in [3.63, 3.8) is 0 Å². The largest absolute Gasteiger partial charge is 0.465 e. The Morgan fingerprint density at radius 2 is 2.05 bits per heavy atom. The van der Waals surface area contributed by atoms with Gasteiger partial charge in [0.05, 0.1) is 23.5 Å². The molecule has 0 aliphatic heterocycles. The van der Waals surface area contributed by atoms with Gasteiger partial charge in [-0.15, -0.1) is 0 Å². The molecule has 116 valence electrons. The molecule has 0 saturated heterocycles. The molecule has 1 aromatic rings. The minimum Gasteiger partial charge on any atom is -0.465 e. The summed E-state index contributed by atoms with van der Waals surface area (Å²) in [7, 11) is -3.72. The second-order valence-corrected chi connectivity index (χ2v) is 6.21. The number of hydrogen-bond donors (Lipinski definition) is 0. The molecule has 9 heteroatoms. The Kier molecular flexibility index (Phi) is 5.25. The maximum absolute atomic E-state index is 11.8. The number of hydrogen-bond acceptors (Lipinski definition) is 6. The number of carbonyl (C=O) groups is 1. The van der Waals surface area contributed by atoms with Crippen LogP contribution in [0.25, 0.3) is 0 Å². The second-order valence-electron chi connectivity index (χ2n) is 4.30. The standard InChI is InChI=1S/C12H16N2O6S/c1-4-20-12(15)8-13(21(3,18)19)11-6-5-10(14(16)17)7-9(11)2/h5-7H,4,8H2,1-3H3. The monoisotopic (exact) mass is 316 g/mol. The fourth-order valence-corrected chi connectivity index (χ4v) is 2.64. The molecule has 1 aromatic carbocycles. The van der Waals surface area contributed by atoms with Crippen molar-refractivity contribution in [2.24, 2.45) is 0 Å². The van der Waals surface area contributed by atoms with Crippen molar-refractivity contribution < 1.29 is 22.9 Å². The van der Waals surface area contributed by atoms with Gasteiger partial charge in [-0.25, -0.2) is 8.42 Å². The van der Waals surface area contributed by atoms with Gasteiger partial charge in [0.25, 0.3) is 5.69 Å². The number of carbonyl (C=O) groups excluding carboxylic acids is 1. The van der Waals surface area contributed by atoms with Crippen LogP contribution in [0.3, 0.4) is 0 Å². The SMILES string of the molecule is CCOC(=O)CN(c1ccc([N+](=O)[O-])cc1C)S(C)(=O)=O. The zero-order valence-corrected chi connectivity index (χ0v) is 12.7. The molecule has 0 radical (unpaired) electrons. The summed E-state index contributed by atoms with van der Waals surface area (Å²) in [5, 5.41) is 10.7. The van der Waals surface area contributed by atoms with Crippen LogP contribution >= 0.6 is 0 Å². The van der Waals surface area contributed by atoms with Crippen LogP contribution in [0, 0.1) is 17.0 Å². The minimum atomic E-state index is -3.72. The summed E-state index contributed by atoms with van der Waals surface area (Å²) in [5.74, 6) is -0.694. The Bertz CT molecular complexity index is 656. The molecule has 0 aliphatic carbocycles. The fourth-order valence-electron chi connectivity index (χ4n) is 1.74. The summed E-state index contributed by atoms with van der Waals surface area (Å²) in [6.07, 6.45) is 0.951. The lowest BCUT2D eigenvalue weighted by Crippen LogP contribution is -2.36. The lowest BCUT2D eigenvalue weighted by atomic mass is 10.2. The van der Waals surface area contributed by atoms with Gasteiger partial charge in [0.1, 0.15) is 6.54 Å². The zero-order valence-electron chi connectivity index (χ0n) is 11.9. The molecular formula is C12H16N2O6S. The molecule has 1 rings (SSSR count). The number of esters is 1. The van der Waals surface area contributed by atoms with E-state index in [4.69, 9.17) is 4.74 Å². The predicted octanol–water partition coefficient (Wildman–Crippen LogP) is 1.23. The van der Waals surface area contributed by atoms with E-state index in [0.29, 0.717) is 5.56 Å². The van der Waals surface area contributed by atoms with Crippen molar-refractivity contribution in [3.05, 3.63) is 33.9 Å². The van der Waals surface area contributed by atoms with Crippen LogP contribution < -0.4 is 4.31 Å². The van der Waals surface area contributed by atoms with Crippen molar-refractivity contribution in [2.45, 2.75) is 13.8 Å². The number of benzene rings is 1. The number of rotatable bonds is 6. The third-order valence-corrected chi connectivity index (χ3v) is 3.76. The van der Waals surface area contributed by atoms with Crippen LogP contribution in [0.2, 0.25) is 0 Å². The molecule has 0 fully saturated rings. The van der Waals surface area contributed by atoms with Gasteiger partial charge in [-0.05, 0) is 25.5 Å². The molecule has 0 saturated carbocycles. The molecule has 0 unspecified atom stereocenters. The molecule has 0 N–H and O–H groups in total. The van der Waals surface area contributed by atoms with Crippen LogP contribution in [0.5, 0.6) is 0 Å². The molecule has 21 heavy (non-hydrogen) atoms. The smallest absolute Gasteiger partial charge is 0.326 e. The van der Waals surface area contributed by atoms with Crippen molar-refractivity contribution in [2.75, 3.05) is 23.7 Å². The highest BCUT2D eigenvalue weighted by Crippen LogP contribution is 2.26. The first-order valence-electron chi connectivity index (χ1n) is 6.05. The summed E-state index contributed by atoms with van der Waals surface area (Å²) < 4.78 is 29.3. The van der Waals surface area contributed by atoms with Gasteiger partial charge in [-0.3, -0.25) is 19.2 Å². The quantitative estimate of drug-likeness (QED) is 0.444. The van der Waals surface area contributed by atoms with Crippen molar-refractivity contribution in [1.29, 1.82) is 0 Å². The van der Waals surface area contributed by atoms with E-state index in [1.165, 1.54) is 25.1 Å². The lowest BCUT2D eigenvalue weighted by Gasteiger charge is -2.22. The van der Waals surface area contributed by atoms with E-state index < -0.39 is 27.5 Å². The first-order chi connectivity index (χ1) is 9.66. The van der Waals surface area contributed by atoms with E-state index in [1.807, 2.05) is 0 Å². The minimum absolute atomic E-state index is 0.135. The van der Waals surface area contributed by atoms with Crippen molar-refractivity contribution in [3.8, 4) is 0 Å². The van der Waals surface area contributed by atoms with E-state index in [-0.39, 0.29) is 18.0 Å². The molecule has 0 spiro atoms. The predicted molar refractivity (Wildman–Crippen MR) is 76.7 cm³/mol. The van der Waals surface area contributed by atoms with Gasteiger partial charge in [-0.2, -0.15) is 0 Å².